The molecule has 0 saturated heterocycles. The lowest BCUT2D eigenvalue weighted by Gasteiger charge is -2.21. The zero-order valence-electron chi connectivity index (χ0n) is 61.7. The summed E-state index contributed by atoms with van der Waals surface area (Å²) in [7, 11) is -9.97. The van der Waals surface area contributed by atoms with Crippen molar-refractivity contribution in [1.29, 1.82) is 0 Å². The number of aliphatic hydroxyl groups is 1. The van der Waals surface area contributed by atoms with Crippen LogP contribution in [-0.2, 0) is 65.4 Å². The number of phosphoric ester groups is 2. The number of carbonyl (C=O) groups is 4. The van der Waals surface area contributed by atoms with Gasteiger partial charge in [-0.2, -0.15) is 0 Å². The minimum atomic E-state index is -4.99. The van der Waals surface area contributed by atoms with Crippen molar-refractivity contribution < 1.29 is 80.2 Å². The Morgan fingerprint density at radius 1 is 0.296 bits per heavy atom. The summed E-state index contributed by atoms with van der Waals surface area (Å²) in [5.41, 5.74) is 0. The second-order valence-electron chi connectivity index (χ2n) is 25.6. The van der Waals surface area contributed by atoms with E-state index in [1.54, 1.807) is 0 Å². The lowest BCUT2D eigenvalue weighted by molar-refractivity contribution is -0.161. The summed E-state index contributed by atoms with van der Waals surface area (Å²) in [5.74, 6) is -2.27. The standard InChI is InChI=1S/C79H138O17P2/c1-5-9-13-17-21-25-29-33-35-36-38-42-46-50-54-58-62-66-79(84)96-75(70-90-77(82)64-60-56-52-48-44-40-32-28-24-20-16-12-8-4)72-94-98(87,88)92-68-73(80)67-91-97(85,86)93-71-74(69-89-76(81)63-59-55-51-47-43-39-31-27-23-19-15-11-7-3)95-78(83)65-61-57-53-49-45-41-37-34-30-26-22-18-14-10-6-2/h21,25-28,30-35,37-38,42,50,54,73-75,80H,5-20,22-24,29,36,39-41,43-49,51-53,55-72H2,1-4H3,(H,85,86)(H,87,88)/b25-21-,30-26-,31-27-,32-28-,35-33-,37-34-,42-38-,54-50-/t73-,74-,75-/m1/s1. The van der Waals surface area contributed by atoms with Crippen LogP contribution in [0, 0.1) is 0 Å². The van der Waals surface area contributed by atoms with Crippen LogP contribution in [0.25, 0.3) is 0 Å². The van der Waals surface area contributed by atoms with Crippen molar-refractivity contribution in [2.24, 2.45) is 0 Å². The first-order valence-corrected chi connectivity index (χ1v) is 41.5. The van der Waals surface area contributed by atoms with Crippen LogP contribution in [0.5, 0.6) is 0 Å². The van der Waals surface area contributed by atoms with Gasteiger partial charge in [0, 0.05) is 25.7 Å². The molecule has 0 radical (unpaired) electrons. The second kappa shape index (κ2) is 71.4. The summed E-state index contributed by atoms with van der Waals surface area (Å²) in [6, 6.07) is 0. The maximum Gasteiger partial charge on any atom is 0.472 e. The maximum absolute atomic E-state index is 13.1. The maximum atomic E-state index is 13.1. The minimum absolute atomic E-state index is 0.0174. The summed E-state index contributed by atoms with van der Waals surface area (Å²) in [4.78, 5) is 72.8. The van der Waals surface area contributed by atoms with Crippen molar-refractivity contribution in [3.8, 4) is 0 Å². The molecule has 0 aliphatic carbocycles. The van der Waals surface area contributed by atoms with Crippen LogP contribution >= 0.6 is 15.6 Å². The molecule has 19 heteroatoms. The Hall–Kier alpha value is -4.02. The first-order chi connectivity index (χ1) is 47.7. The molecule has 5 atom stereocenters. The summed E-state index contributed by atoms with van der Waals surface area (Å²) < 4.78 is 68.4. The fourth-order valence-corrected chi connectivity index (χ4v) is 11.7. The van der Waals surface area contributed by atoms with Crippen molar-refractivity contribution in [3.05, 3.63) is 97.2 Å². The molecule has 3 N–H and O–H groups in total. The van der Waals surface area contributed by atoms with Gasteiger partial charge in [-0.1, -0.05) is 253 Å². The molecule has 17 nitrogen and oxygen atoms in total. The Labute approximate surface area is 595 Å². The lowest BCUT2D eigenvalue weighted by atomic mass is 10.1. The number of esters is 4. The SMILES string of the molecule is CCCCC/C=C\C/C=C\C/C=C\C/C=C\CCCC(=O)O[C@H](COC(=O)CCCCCCC/C=C\CCCCCC)COP(=O)(O)OC[C@H](O)COP(=O)(O)OC[C@@H](COC(=O)CCCCCCC/C=C\CCCCCC)OC(=O)CCCCCCC/C=C\C=C/CCCCCC. The number of rotatable bonds is 72. The Bertz CT molecular complexity index is 2240. The third kappa shape index (κ3) is 70.4. The van der Waals surface area contributed by atoms with Crippen LogP contribution in [0.15, 0.2) is 97.2 Å². The Morgan fingerprint density at radius 3 is 0.898 bits per heavy atom. The van der Waals surface area contributed by atoms with Crippen LogP contribution in [0.1, 0.15) is 323 Å². The molecule has 2 unspecified atom stereocenters. The highest BCUT2D eigenvalue weighted by molar-refractivity contribution is 7.47. The zero-order valence-corrected chi connectivity index (χ0v) is 63.5. The van der Waals surface area contributed by atoms with E-state index in [4.69, 9.17) is 37.0 Å². The van der Waals surface area contributed by atoms with Gasteiger partial charge in [0.05, 0.1) is 26.4 Å². The number of phosphoric acid groups is 2. The molecular weight excluding hydrogens is 1280 g/mol. The molecular formula is C79H138O17P2. The number of carbonyl (C=O) groups excluding carboxylic acids is 4. The lowest BCUT2D eigenvalue weighted by Crippen LogP contribution is -2.30. The predicted octanol–water partition coefficient (Wildman–Crippen LogP) is 22.0. The Balaban J connectivity index is 5.42. The highest BCUT2D eigenvalue weighted by Crippen LogP contribution is 2.45. The molecule has 0 rings (SSSR count). The van der Waals surface area contributed by atoms with E-state index in [1.807, 2.05) is 12.2 Å². The van der Waals surface area contributed by atoms with Gasteiger partial charge < -0.3 is 33.8 Å². The largest absolute Gasteiger partial charge is 0.472 e. The van der Waals surface area contributed by atoms with E-state index in [0.717, 1.165) is 141 Å². The van der Waals surface area contributed by atoms with Gasteiger partial charge in [0.15, 0.2) is 12.2 Å². The Morgan fingerprint density at radius 2 is 0.541 bits per heavy atom. The smallest absolute Gasteiger partial charge is 0.462 e. The van der Waals surface area contributed by atoms with Crippen LogP contribution in [0.4, 0.5) is 0 Å². The van der Waals surface area contributed by atoms with E-state index >= 15 is 0 Å². The quantitative estimate of drug-likeness (QED) is 0.0128. The summed E-state index contributed by atoms with van der Waals surface area (Å²) >= 11 is 0. The van der Waals surface area contributed by atoms with Gasteiger partial charge in [0.2, 0.25) is 0 Å². The molecule has 0 heterocycles. The molecule has 0 aromatic carbocycles. The van der Waals surface area contributed by atoms with E-state index < -0.39 is 97.5 Å². The Kier molecular flexibility index (Phi) is 68.4. The van der Waals surface area contributed by atoms with Gasteiger partial charge in [0.25, 0.3) is 0 Å². The van der Waals surface area contributed by atoms with E-state index in [0.29, 0.717) is 32.1 Å². The van der Waals surface area contributed by atoms with Gasteiger partial charge in [-0.25, -0.2) is 9.13 Å². The predicted molar refractivity (Wildman–Crippen MR) is 399 cm³/mol. The van der Waals surface area contributed by atoms with Crippen molar-refractivity contribution in [2.75, 3.05) is 39.6 Å². The van der Waals surface area contributed by atoms with Crippen molar-refractivity contribution >= 4 is 39.5 Å². The fourth-order valence-electron chi connectivity index (χ4n) is 10.1. The number of hydrogen-bond donors (Lipinski definition) is 3. The fraction of sp³-hybridized carbons (Fsp3) is 0.747. The molecule has 0 aliphatic heterocycles. The topological polar surface area (TPSA) is 237 Å². The first kappa shape index (κ1) is 94.0. The van der Waals surface area contributed by atoms with Crippen LogP contribution in [0.3, 0.4) is 0 Å². The number of hydrogen-bond acceptors (Lipinski definition) is 15. The van der Waals surface area contributed by atoms with Crippen LogP contribution in [-0.4, -0.2) is 96.7 Å². The molecule has 0 fully saturated rings. The molecule has 0 aromatic heterocycles. The molecule has 0 saturated carbocycles. The first-order valence-electron chi connectivity index (χ1n) is 38.5. The van der Waals surface area contributed by atoms with E-state index in [1.165, 1.54) is 96.3 Å². The van der Waals surface area contributed by atoms with E-state index in [9.17, 15) is 43.2 Å². The highest BCUT2D eigenvalue weighted by Gasteiger charge is 2.30. The molecule has 98 heavy (non-hydrogen) atoms. The normalized spacial score (nSPS) is 14.5. The number of ether oxygens (including phenoxy) is 4. The van der Waals surface area contributed by atoms with Gasteiger partial charge in [-0.05, 0) is 141 Å². The van der Waals surface area contributed by atoms with Gasteiger partial charge >= 0.3 is 39.5 Å². The molecule has 0 spiro atoms. The number of allylic oxidation sites excluding steroid dienone is 16. The van der Waals surface area contributed by atoms with E-state index in [-0.39, 0.29) is 25.7 Å². The monoisotopic (exact) mass is 1420 g/mol. The van der Waals surface area contributed by atoms with Crippen LogP contribution in [0.2, 0.25) is 0 Å². The number of aliphatic hydroxyl groups excluding tert-OH is 1. The highest BCUT2D eigenvalue weighted by atomic mass is 31.2. The summed E-state index contributed by atoms with van der Waals surface area (Å²) in [5, 5.41) is 10.6. The zero-order chi connectivity index (χ0) is 71.8. The summed E-state index contributed by atoms with van der Waals surface area (Å²) in [6.45, 7) is 4.71. The average molecular weight is 1420 g/mol. The molecule has 0 aliphatic rings. The van der Waals surface area contributed by atoms with Gasteiger partial charge in [0.1, 0.15) is 19.3 Å². The average Bonchev–Trinajstić information content (AvgIpc) is 1.05. The van der Waals surface area contributed by atoms with E-state index in [2.05, 4.69) is 113 Å². The number of unbranched alkanes of at least 4 members (excludes halogenated alkanes) is 31. The van der Waals surface area contributed by atoms with Crippen molar-refractivity contribution in [2.45, 2.75) is 341 Å². The van der Waals surface area contributed by atoms with Gasteiger partial charge in [-0.3, -0.25) is 37.3 Å². The third-order valence-corrected chi connectivity index (χ3v) is 17.9. The van der Waals surface area contributed by atoms with Crippen molar-refractivity contribution in [3.63, 3.8) is 0 Å². The summed E-state index contributed by atoms with van der Waals surface area (Å²) in [6.07, 6.45) is 74.0. The minimum Gasteiger partial charge on any atom is -0.462 e. The molecule has 566 valence electrons. The van der Waals surface area contributed by atoms with Gasteiger partial charge in [-0.15, -0.1) is 0 Å². The third-order valence-electron chi connectivity index (χ3n) is 16.0. The second-order valence-corrected chi connectivity index (χ2v) is 28.5. The van der Waals surface area contributed by atoms with Crippen LogP contribution < -0.4 is 0 Å². The molecule has 0 bridgehead atoms. The van der Waals surface area contributed by atoms with Crippen molar-refractivity contribution in [1.82, 2.24) is 0 Å². The molecule has 0 aromatic rings. The molecule has 0 amide bonds.